The number of unbranched alkanes of at least 4 members (excludes halogenated alkanes) is 1. The van der Waals surface area contributed by atoms with Crippen LogP contribution >= 0.6 is 0 Å². The molecule has 0 aromatic heterocycles. The average molecular weight is 272 g/mol. The Morgan fingerprint density at radius 1 is 1.37 bits per heavy atom. The molecule has 19 heavy (non-hydrogen) atoms. The molecule has 0 aromatic carbocycles. The van der Waals surface area contributed by atoms with Crippen molar-refractivity contribution < 1.29 is 19.4 Å². The van der Waals surface area contributed by atoms with Crippen molar-refractivity contribution in [1.82, 2.24) is 10.6 Å². The van der Waals surface area contributed by atoms with E-state index < -0.39 is 18.0 Å². The summed E-state index contributed by atoms with van der Waals surface area (Å²) in [7, 11) is 0. The van der Waals surface area contributed by atoms with E-state index in [9.17, 15) is 9.59 Å². The fourth-order valence-electron chi connectivity index (χ4n) is 2.08. The molecule has 6 nitrogen and oxygen atoms in total. The van der Waals surface area contributed by atoms with E-state index in [0.717, 1.165) is 25.7 Å². The van der Waals surface area contributed by atoms with E-state index in [4.69, 9.17) is 9.84 Å². The lowest BCUT2D eigenvalue weighted by Gasteiger charge is -2.34. The summed E-state index contributed by atoms with van der Waals surface area (Å²) in [6.07, 6.45) is 3.63. The maximum absolute atomic E-state index is 11.9. The van der Waals surface area contributed by atoms with Crippen LogP contribution in [-0.4, -0.2) is 41.9 Å². The molecule has 1 fully saturated rings. The van der Waals surface area contributed by atoms with Crippen LogP contribution < -0.4 is 10.6 Å². The van der Waals surface area contributed by atoms with Gasteiger partial charge in [0.2, 0.25) is 0 Å². The fourth-order valence-corrected chi connectivity index (χ4v) is 2.08. The van der Waals surface area contributed by atoms with Gasteiger partial charge in [0.1, 0.15) is 6.04 Å². The van der Waals surface area contributed by atoms with Crippen LogP contribution in [0.15, 0.2) is 0 Å². The summed E-state index contributed by atoms with van der Waals surface area (Å²) in [6, 6.07) is -1.23. The monoisotopic (exact) mass is 272 g/mol. The number of amides is 2. The smallest absolute Gasteiger partial charge is 0.326 e. The van der Waals surface area contributed by atoms with Crippen molar-refractivity contribution in [2.45, 2.75) is 57.5 Å². The summed E-state index contributed by atoms with van der Waals surface area (Å²) < 4.78 is 5.25. The SMILES string of the molecule is CCCC[C@H](NC(=O)NC1(C)CCOCC1)C(=O)O. The van der Waals surface area contributed by atoms with Crippen LogP contribution in [0.1, 0.15) is 46.0 Å². The predicted octanol–water partition coefficient (Wildman–Crippen LogP) is 1.50. The van der Waals surface area contributed by atoms with E-state index in [1.165, 1.54) is 0 Å². The fraction of sp³-hybridized carbons (Fsp3) is 0.846. The molecule has 0 unspecified atom stereocenters. The molecule has 0 aromatic rings. The average Bonchev–Trinajstić information content (AvgIpc) is 2.34. The van der Waals surface area contributed by atoms with Gasteiger partial charge in [-0.1, -0.05) is 19.8 Å². The first kappa shape index (κ1) is 15.8. The van der Waals surface area contributed by atoms with Crippen molar-refractivity contribution in [3.63, 3.8) is 0 Å². The molecule has 0 radical (unpaired) electrons. The predicted molar refractivity (Wildman–Crippen MR) is 71.1 cm³/mol. The normalized spacial score (nSPS) is 19.5. The molecule has 1 aliphatic rings. The molecule has 1 atom stereocenters. The summed E-state index contributed by atoms with van der Waals surface area (Å²) in [6.45, 7) is 5.18. The molecule has 110 valence electrons. The quantitative estimate of drug-likeness (QED) is 0.683. The molecule has 1 heterocycles. The zero-order valence-electron chi connectivity index (χ0n) is 11.7. The first-order chi connectivity index (χ1) is 8.97. The Bertz CT molecular complexity index is 314. The summed E-state index contributed by atoms with van der Waals surface area (Å²) in [4.78, 5) is 22.9. The van der Waals surface area contributed by atoms with E-state index in [1.807, 2.05) is 13.8 Å². The molecule has 2 amide bonds. The highest BCUT2D eigenvalue weighted by Gasteiger charge is 2.30. The Morgan fingerprint density at radius 3 is 2.53 bits per heavy atom. The molecule has 0 saturated carbocycles. The molecule has 0 bridgehead atoms. The lowest BCUT2D eigenvalue weighted by molar-refractivity contribution is -0.139. The van der Waals surface area contributed by atoms with Crippen LogP contribution in [0.25, 0.3) is 0 Å². The maximum atomic E-state index is 11.9. The van der Waals surface area contributed by atoms with Gasteiger partial charge in [0, 0.05) is 18.8 Å². The number of urea groups is 1. The Balaban J connectivity index is 2.45. The lowest BCUT2D eigenvalue weighted by atomic mass is 9.93. The number of carbonyl (C=O) groups excluding carboxylic acids is 1. The van der Waals surface area contributed by atoms with Crippen molar-refractivity contribution in [1.29, 1.82) is 0 Å². The van der Waals surface area contributed by atoms with Crippen molar-refractivity contribution >= 4 is 12.0 Å². The van der Waals surface area contributed by atoms with E-state index in [1.54, 1.807) is 0 Å². The van der Waals surface area contributed by atoms with Crippen LogP contribution in [0, 0.1) is 0 Å². The van der Waals surface area contributed by atoms with Gasteiger partial charge in [0.05, 0.1) is 0 Å². The molecule has 0 aliphatic carbocycles. The maximum Gasteiger partial charge on any atom is 0.326 e. The van der Waals surface area contributed by atoms with Gasteiger partial charge in [-0.25, -0.2) is 9.59 Å². The van der Waals surface area contributed by atoms with Gasteiger partial charge in [-0.05, 0) is 26.2 Å². The second-order valence-electron chi connectivity index (χ2n) is 5.30. The number of ether oxygens (including phenoxy) is 1. The third kappa shape index (κ3) is 5.46. The number of hydrogen-bond acceptors (Lipinski definition) is 3. The summed E-state index contributed by atoms with van der Waals surface area (Å²) >= 11 is 0. The van der Waals surface area contributed by atoms with E-state index in [2.05, 4.69) is 10.6 Å². The first-order valence-corrected chi connectivity index (χ1v) is 6.86. The lowest BCUT2D eigenvalue weighted by Crippen LogP contribution is -2.55. The van der Waals surface area contributed by atoms with Crippen molar-refractivity contribution in [3.05, 3.63) is 0 Å². The summed E-state index contributed by atoms with van der Waals surface area (Å²) in [5.74, 6) is -0.985. The van der Waals surface area contributed by atoms with Crippen LogP contribution in [0.5, 0.6) is 0 Å². The highest BCUT2D eigenvalue weighted by atomic mass is 16.5. The number of carboxylic acid groups (broad SMARTS) is 1. The third-order valence-electron chi connectivity index (χ3n) is 3.46. The highest BCUT2D eigenvalue weighted by molar-refractivity contribution is 5.82. The summed E-state index contributed by atoms with van der Waals surface area (Å²) in [5.41, 5.74) is -0.309. The molecular weight excluding hydrogens is 248 g/mol. The molecular formula is C13H24N2O4. The van der Waals surface area contributed by atoms with Gasteiger partial charge < -0.3 is 20.5 Å². The minimum absolute atomic E-state index is 0.309. The Hall–Kier alpha value is -1.30. The zero-order valence-corrected chi connectivity index (χ0v) is 11.7. The molecule has 0 spiro atoms. The largest absolute Gasteiger partial charge is 0.480 e. The highest BCUT2D eigenvalue weighted by Crippen LogP contribution is 2.19. The van der Waals surface area contributed by atoms with Crippen LogP contribution in [0.4, 0.5) is 4.79 Å². The van der Waals surface area contributed by atoms with Crippen LogP contribution in [-0.2, 0) is 9.53 Å². The number of rotatable bonds is 6. The van der Waals surface area contributed by atoms with Crippen LogP contribution in [0.2, 0.25) is 0 Å². The molecule has 1 rings (SSSR count). The van der Waals surface area contributed by atoms with Gasteiger partial charge in [0.15, 0.2) is 0 Å². The minimum atomic E-state index is -0.985. The zero-order chi connectivity index (χ0) is 14.3. The molecule has 6 heteroatoms. The number of carbonyl (C=O) groups is 2. The molecule has 3 N–H and O–H groups in total. The van der Waals surface area contributed by atoms with E-state index in [-0.39, 0.29) is 5.54 Å². The van der Waals surface area contributed by atoms with Gasteiger partial charge in [-0.2, -0.15) is 0 Å². The second kappa shape index (κ2) is 7.33. The van der Waals surface area contributed by atoms with E-state index in [0.29, 0.717) is 19.6 Å². The topological polar surface area (TPSA) is 87.7 Å². The van der Waals surface area contributed by atoms with Gasteiger partial charge in [-0.3, -0.25) is 0 Å². The Morgan fingerprint density at radius 2 is 2.00 bits per heavy atom. The number of nitrogens with one attached hydrogen (secondary N) is 2. The Kier molecular flexibility index (Phi) is 6.08. The number of aliphatic carboxylic acids is 1. The molecule has 1 saturated heterocycles. The van der Waals surface area contributed by atoms with Gasteiger partial charge >= 0.3 is 12.0 Å². The van der Waals surface area contributed by atoms with Crippen molar-refractivity contribution in [2.75, 3.05) is 13.2 Å². The van der Waals surface area contributed by atoms with E-state index >= 15 is 0 Å². The number of carboxylic acids is 1. The van der Waals surface area contributed by atoms with Crippen molar-refractivity contribution in [2.24, 2.45) is 0 Å². The first-order valence-electron chi connectivity index (χ1n) is 6.86. The van der Waals surface area contributed by atoms with Crippen molar-refractivity contribution in [3.8, 4) is 0 Å². The minimum Gasteiger partial charge on any atom is -0.480 e. The molecule has 1 aliphatic heterocycles. The van der Waals surface area contributed by atoms with Crippen LogP contribution in [0.3, 0.4) is 0 Å². The third-order valence-corrected chi connectivity index (χ3v) is 3.46. The van der Waals surface area contributed by atoms with Gasteiger partial charge in [0.25, 0.3) is 0 Å². The standard InChI is InChI=1S/C13H24N2O4/c1-3-4-5-10(11(16)17)14-12(18)15-13(2)6-8-19-9-7-13/h10H,3-9H2,1-2H3,(H,16,17)(H2,14,15,18)/t10-/m0/s1. The Labute approximate surface area is 113 Å². The number of hydrogen-bond donors (Lipinski definition) is 3. The summed E-state index contributed by atoms with van der Waals surface area (Å²) in [5, 5.41) is 14.5. The second-order valence-corrected chi connectivity index (χ2v) is 5.30. The van der Waals surface area contributed by atoms with Gasteiger partial charge in [-0.15, -0.1) is 0 Å².